The Morgan fingerprint density at radius 2 is 1.70 bits per heavy atom. The number of hydrogen-bond acceptors (Lipinski definition) is 7. The number of rotatable bonds is 7. The van der Waals surface area contributed by atoms with Crippen molar-refractivity contribution in [1.29, 1.82) is 0 Å². The maximum Gasteiger partial charge on any atom is 0.348 e. The molecule has 0 bridgehead atoms. The molecule has 0 radical (unpaired) electrons. The highest BCUT2D eigenvalue weighted by atomic mass is 32.1. The van der Waals surface area contributed by atoms with Crippen molar-refractivity contribution in [2.75, 3.05) is 23.9 Å². The molecule has 2 fully saturated rings. The number of carbonyl (C=O) groups is 2. The fraction of sp³-hybridized carbons (Fsp3) is 0.613. The molecule has 0 spiro atoms. The van der Waals surface area contributed by atoms with E-state index in [4.69, 9.17) is 4.74 Å². The molecule has 2 aliphatic rings. The van der Waals surface area contributed by atoms with Gasteiger partial charge in [-0.15, -0.1) is 21.5 Å². The van der Waals surface area contributed by atoms with Crippen LogP contribution in [0.3, 0.4) is 0 Å². The zero-order valence-electron chi connectivity index (χ0n) is 24.6. The maximum absolute atomic E-state index is 14.1. The quantitative estimate of drug-likeness (QED) is 0.396. The smallest absolute Gasteiger partial charge is 0.348 e. The number of amides is 1. The zero-order valence-corrected chi connectivity index (χ0v) is 25.4. The molecule has 1 amide bonds. The van der Waals surface area contributed by atoms with Crippen LogP contribution in [0.1, 0.15) is 93.6 Å². The van der Waals surface area contributed by atoms with Crippen LogP contribution in [0.5, 0.6) is 5.88 Å². The molecule has 2 heterocycles. The Morgan fingerprint density at radius 1 is 1.02 bits per heavy atom. The molecule has 2 saturated carbocycles. The van der Waals surface area contributed by atoms with Crippen molar-refractivity contribution in [1.82, 2.24) is 10.2 Å². The van der Waals surface area contributed by atoms with Crippen molar-refractivity contribution in [2.24, 2.45) is 17.3 Å². The number of carboxylic acid groups (broad SMARTS) is 1. The summed E-state index contributed by atoms with van der Waals surface area (Å²) < 4.78 is 6.14. The van der Waals surface area contributed by atoms with Gasteiger partial charge >= 0.3 is 5.97 Å². The van der Waals surface area contributed by atoms with E-state index < -0.39 is 5.97 Å². The van der Waals surface area contributed by atoms with Gasteiger partial charge in [0.15, 0.2) is 5.82 Å². The first-order chi connectivity index (χ1) is 18.9. The summed E-state index contributed by atoms with van der Waals surface area (Å²) in [6, 6.07) is 5.44. The van der Waals surface area contributed by atoms with Gasteiger partial charge in [-0.1, -0.05) is 18.8 Å². The third-order valence-corrected chi connectivity index (χ3v) is 8.74. The molecule has 216 valence electrons. The predicted molar refractivity (Wildman–Crippen MR) is 159 cm³/mol. The van der Waals surface area contributed by atoms with Crippen LogP contribution in [-0.4, -0.2) is 53.4 Å². The Balaban J connectivity index is 1.57. The van der Waals surface area contributed by atoms with Crippen molar-refractivity contribution in [3.8, 4) is 17.7 Å². The third-order valence-electron chi connectivity index (χ3n) is 7.71. The second kappa shape index (κ2) is 12.6. The fourth-order valence-electron chi connectivity index (χ4n) is 5.43. The van der Waals surface area contributed by atoms with Gasteiger partial charge in [0, 0.05) is 37.5 Å². The standard InChI is InChI=1S/C31H42N4O4S/c1-20-7-9-21(10-8-20)29(36)35(25-19-24(17-18-31(2,3)4)40-28(25)30(37)38)22-11-13-23(14-12-22)39-27-16-15-26(32-33-27)34(5)6/h15-16,19-23H,7-14H2,1-6H3,(H,37,38)/t20-,21-,22-,23-. The van der Waals surface area contributed by atoms with E-state index in [1.54, 1.807) is 0 Å². The lowest BCUT2D eigenvalue weighted by Gasteiger charge is -2.39. The van der Waals surface area contributed by atoms with E-state index in [-0.39, 0.29) is 34.3 Å². The first-order valence-corrected chi connectivity index (χ1v) is 15.1. The summed E-state index contributed by atoms with van der Waals surface area (Å²) in [4.78, 5) is 31.1. The predicted octanol–water partition coefficient (Wildman–Crippen LogP) is 6.25. The number of carbonyl (C=O) groups excluding carboxylic acids is 1. The highest BCUT2D eigenvalue weighted by molar-refractivity contribution is 7.15. The van der Waals surface area contributed by atoms with E-state index in [1.165, 1.54) is 0 Å². The third kappa shape index (κ3) is 7.54. The molecule has 9 heteroatoms. The summed E-state index contributed by atoms with van der Waals surface area (Å²) in [5.41, 5.74) is 0.283. The van der Waals surface area contributed by atoms with E-state index in [0.29, 0.717) is 22.4 Å². The molecule has 0 aliphatic heterocycles. The molecule has 0 unspecified atom stereocenters. The first-order valence-electron chi connectivity index (χ1n) is 14.3. The second-order valence-corrected chi connectivity index (χ2v) is 13.5. The van der Waals surface area contributed by atoms with Crippen molar-refractivity contribution in [3.05, 3.63) is 28.0 Å². The number of anilines is 2. The summed E-state index contributed by atoms with van der Waals surface area (Å²) in [5, 5.41) is 18.5. The van der Waals surface area contributed by atoms with Crippen molar-refractivity contribution < 1.29 is 19.4 Å². The summed E-state index contributed by atoms with van der Waals surface area (Å²) >= 11 is 1.16. The van der Waals surface area contributed by atoms with Gasteiger partial charge in [0.2, 0.25) is 11.8 Å². The van der Waals surface area contributed by atoms with Gasteiger partial charge in [-0.25, -0.2) is 4.79 Å². The minimum atomic E-state index is -1.02. The van der Waals surface area contributed by atoms with Gasteiger partial charge < -0.3 is 19.6 Å². The lowest BCUT2D eigenvalue weighted by Crippen LogP contribution is -2.47. The Hall–Kier alpha value is -3.12. The SMILES string of the molecule is CN(C)c1ccc(O[C@H]2CC[C@H](N(c3cc(C#CC(C)(C)C)sc3C(=O)O)C(=O)[C@H]3CC[C@H](C)CC3)CC2)nn1. The molecule has 2 aromatic rings. The zero-order chi connectivity index (χ0) is 29.0. The van der Waals surface area contributed by atoms with Crippen LogP contribution in [-0.2, 0) is 4.79 Å². The minimum absolute atomic E-state index is 0.0297. The van der Waals surface area contributed by atoms with Gasteiger partial charge in [0.05, 0.1) is 10.6 Å². The number of aromatic carboxylic acids is 1. The van der Waals surface area contributed by atoms with E-state index in [1.807, 2.05) is 62.9 Å². The van der Waals surface area contributed by atoms with Gasteiger partial charge in [0.25, 0.3) is 0 Å². The Kier molecular flexibility index (Phi) is 9.40. The van der Waals surface area contributed by atoms with Crippen LogP contribution >= 0.6 is 11.3 Å². The minimum Gasteiger partial charge on any atom is -0.477 e. The van der Waals surface area contributed by atoms with E-state index >= 15 is 0 Å². The summed E-state index contributed by atoms with van der Waals surface area (Å²) in [7, 11) is 3.83. The van der Waals surface area contributed by atoms with Crippen molar-refractivity contribution >= 4 is 34.7 Å². The first kappa shape index (κ1) is 29.9. The number of nitrogens with zero attached hydrogens (tertiary/aromatic N) is 4. The van der Waals surface area contributed by atoms with Crippen LogP contribution in [0.25, 0.3) is 0 Å². The van der Waals surface area contributed by atoms with Crippen LogP contribution in [0, 0.1) is 29.1 Å². The van der Waals surface area contributed by atoms with Crippen LogP contribution < -0.4 is 14.5 Å². The lowest BCUT2D eigenvalue weighted by molar-refractivity contribution is -0.124. The van der Waals surface area contributed by atoms with Crippen LogP contribution in [0.4, 0.5) is 11.5 Å². The lowest BCUT2D eigenvalue weighted by atomic mass is 9.81. The molecule has 1 N–H and O–H groups in total. The van der Waals surface area contributed by atoms with E-state index in [2.05, 4.69) is 29.0 Å². The molecule has 4 rings (SSSR count). The van der Waals surface area contributed by atoms with Crippen LogP contribution in [0.2, 0.25) is 0 Å². The molecule has 8 nitrogen and oxygen atoms in total. The molecule has 2 aromatic heterocycles. The molecule has 40 heavy (non-hydrogen) atoms. The number of carboxylic acids is 1. The Morgan fingerprint density at radius 3 is 2.25 bits per heavy atom. The van der Waals surface area contributed by atoms with E-state index in [9.17, 15) is 14.7 Å². The molecule has 0 saturated heterocycles. The van der Waals surface area contributed by atoms with Crippen molar-refractivity contribution in [3.63, 3.8) is 0 Å². The molecular weight excluding hydrogens is 524 g/mol. The fourth-order valence-corrected chi connectivity index (χ4v) is 6.27. The average molecular weight is 567 g/mol. The van der Waals surface area contributed by atoms with Gasteiger partial charge in [-0.05, 0) is 90.2 Å². The number of hydrogen-bond donors (Lipinski definition) is 1. The maximum atomic E-state index is 14.1. The largest absolute Gasteiger partial charge is 0.477 e. The van der Waals surface area contributed by atoms with Crippen LogP contribution in [0.15, 0.2) is 18.2 Å². The Labute approximate surface area is 242 Å². The normalized spacial score (nSPS) is 23.1. The topological polar surface area (TPSA) is 95.9 Å². The molecule has 0 aromatic carbocycles. The second-order valence-electron chi connectivity index (χ2n) is 12.5. The average Bonchev–Trinajstić information content (AvgIpc) is 3.33. The monoisotopic (exact) mass is 566 g/mol. The number of aromatic nitrogens is 2. The number of thiophene rings is 1. The summed E-state index contributed by atoms with van der Waals surface area (Å²) in [6.07, 6.45) is 6.65. The molecular formula is C31H42N4O4S. The molecule has 0 atom stereocenters. The Bertz CT molecular complexity index is 1240. The van der Waals surface area contributed by atoms with E-state index in [0.717, 1.165) is 68.5 Å². The highest BCUT2D eigenvalue weighted by Gasteiger charge is 2.38. The van der Waals surface area contributed by atoms with Gasteiger partial charge in [-0.3, -0.25) is 4.79 Å². The summed E-state index contributed by atoms with van der Waals surface area (Å²) in [6.45, 7) is 8.30. The van der Waals surface area contributed by atoms with Crippen molar-refractivity contribution in [2.45, 2.75) is 91.2 Å². The highest BCUT2D eigenvalue weighted by Crippen LogP contribution is 2.39. The summed E-state index contributed by atoms with van der Waals surface area (Å²) in [5.74, 6) is 7.19. The van der Waals surface area contributed by atoms with Gasteiger partial charge in [0.1, 0.15) is 11.0 Å². The number of ether oxygens (including phenoxy) is 1. The molecule has 2 aliphatic carbocycles. The van der Waals surface area contributed by atoms with Gasteiger partial charge in [-0.2, -0.15) is 0 Å².